The van der Waals surface area contributed by atoms with Gasteiger partial charge in [0.1, 0.15) is 5.69 Å². The molecular formula is C16H15N3OS. The lowest BCUT2D eigenvalue weighted by Gasteiger charge is -2.28. The third-order valence-electron chi connectivity index (χ3n) is 3.73. The second-order valence-corrected chi connectivity index (χ2v) is 5.94. The molecule has 0 atom stereocenters. The Morgan fingerprint density at radius 3 is 2.52 bits per heavy atom. The molecule has 3 heterocycles. The molecule has 0 saturated carbocycles. The minimum Gasteiger partial charge on any atom is -0.378 e. The molecule has 0 unspecified atom stereocenters. The molecule has 106 valence electrons. The quantitative estimate of drug-likeness (QED) is 0.728. The second kappa shape index (κ2) is 5.42. The van der Waals surface area contributed by atoms with Crippen LogP contribution in [0.3, 0.4) is 0 Å². The minimum absolute atomic E-state index is 0.753. The highest BCUT2D eigenvalue weighted by Crippen LogP contribution is 2.33. The Labute approximate surface area is 127 Å². The van der Waals surface area contributed by atoms with E-state index in [-0.39, 0.29) is 0 Å². The van der Waals surface area contributed by atoms with Crippen molar-refractivity contribution in [2.45, 2.75) is 0 Å². The maximum absolute atomic E-state index is 5.43. The summed E-state index contributed by atoms with van der Waals surface area (Å²) in [6.45, 7) is 3.25. The first-order chi connectivity index (χ1) is 10.4. The molecule has 4 nitrogen and oxygen atoms in total. The Bertz CT molecular complexity index is 751. The van der Waals surface area contributed by atoms with Crippen LogP contribution in [0.5, 0.6) is 0 Å². The molecule has 0 amide bonds. The van der Waals surface area contributed by atoms with Gasteiger partial charge in [-0.3, -0.25) is 0 Å². The summed E-state index contributed by atoms with van der Waals surface area (Å²) in [6, 6.07) is 12.5. The molecule has 0 bridgehead atoms. The summed E-state index contributed by atoms with van der Waals surface area (Å²) in [6.07, 6.45) is 0. The summed E-state index contributed by atoms with van der Waals surface area (Å²) in [5.41, 5.74) is 0.970. The van der Waals surface area contributed by atoms with Gasteiger partial charge in [-0.1, -0.05) is 30.3 Å². The van der Waals surface area contributed by atoms with E-state index in [1.54, 1.807) is 11.3 Å². The number of aromatic nitrogens is 2. The van der Waals surface area contributed by atoms with Crippen LogP contribution >= 0.6 is 11.3 Å². The van der Waals surface area contributed by atoms with Crippen LogP contribution in [0.1, 0.15) is 0 Å². The van der Waals surface area contributed by atoms with Gasteiger partial charge >= 0.3 is 0 Å². The van der Waals surface area contributed by atoms with Gasteiger partial charge in [-0.2, -0.15) is 0 Å². The van der Waals surface area contributed by atoms with E-state index < -0.39 is 0 Å². The van der Waals surface area contributed by atoms with Gasteiger partial charge in [0.2, 0.25) is 0 Å². The molecule has 1 aliphatic rings. The number of nitrogens with zero attached hydrogens (tertiary/aromatic N) is 3. The molecule has 1 aromatic carbocycles. The second-order valence-electron chi connectivity index (χ2n) is 4.99. The number of hydrogen-bond acceptors (Lipinski definition) is 5. The molecule has 3 aromatic rings. The molecule has 0 aliphatic carbocycles. The van der Waals surface area contributed by atoms with Gasteiger partial charge in [0, 0.05) is 23.9 Å². The zero-order valence-electron chi connectivity index (χ0n) is 11.5. The van der Waals surface area contributed by atoms with Crippen molar-refractivity contribution in [2.24, 2.45) is 0 Å². The van der Waals surface area contributed by atoms with Crippen LogP contribution in [0.25, 0.3) is 21.3 Å². The van der Waals surface area contributed by atoms with Crippen molar-refractivity contribution >= 4 is 27.9 Å². The van der Waals surface area contributed by atoms with Crippen LogP contribution in [0.4, 0.5) is 5.82 Å². The number of ether oxygens (including phenoxy) is 1. The van der Waals surface area contributed by atoms with E-state index in [2.05, 4.69) is 50.8 Å². The fourth-order valence-corrected chi connectivity index (χ4v) is 3.42. The molecule has 1 aliphatic heterocycles. The topological polar surface area (TPSA) is 38.2 Å². The zero-order chi connectivity index (χ0) is 14.1. The Kier molecular flexibility index (Phi) is 3.29. The average Bonchev–Trinajstić information content (AvgIpc) is 3.09. The van der Waals surface area contributed by atoms with E-state index in [0.29, 0.717) is 0 Å². The molecule has 21 heavy (non-hydrogen) atoms. The highest BCUT2D eigenvalue weighted by Gasteiger charge is 2.18. The molecule has 0 N–H and O–H groups in total. The Balaban J connectivity index is 1.89. The Morgan fingerprint density at radius 1 is 0.952 bits per heavy atom. The summed E-state index contributed by atoms with van der Waals surface area (Å²) in [4.78, 5) is 3.42. The van der Waals surface area contributed by atoms with Gasteiger partial charge in [0.15, 0.2) is 5.82 Å². The van der Waals surface area contributed by atoms with Gasteiger partial charge in [0.05, 0.1) is 18.1 Å². The van der Waals surface area contributed by atoms with Gasteiger partial charge in [-0.05, 0) is 11.4 Å². The molecule has 0 spiro atoms. The third kappa shape index (κ3) is 2.28. The van der Waals surface area contributed by atoms with E-state index in [1.165, 1.54) is 0 Å². The normalized spacial score (nSPS) is 15.5. The first kappa shape index (κ1) is 12.7. The third-order valence-corrected chi connectivity index (χ3v) is 4.61. The summed E-state index contributed by atoms with van der Waals surface area (Å²) in [5.74, 6) is 0.967. The maximum Gasteiger partial charge on any atom is 0.159 e. The largest absolute Gasteiger partial charge is 0.378 e. The molecule has 0 radical (unpaired) electrons. The van der Waals surface area contributed by atoms with Crippen LogP contribution < -0.4 is 4.90 Å². The smallest absolute Gasteiger partial charge is 0.159 e. The SMILES string of the molecule is c1csc(-c2nnc(N3CCOCC3)c3ccccc23)c1. The fraction of sp³-hybridized carbons (Fsp3) is 0.250. The lowest BCUT2D eigenvalue weighted by atomic mass is 10.1. The van der Waals surface area contributed by atoms with Gasteiger partial charge in [-0.25, -0.2) is 0 Å². The first-order valence-corrected chi connectivity index (χ1v) is 7.93. The van der Waals surface area contributed by atoms with E-state index >= 15 is 0 Å². The van der Waals surface area contributed by atoms with Crippen LogP contribution in [-0.4, -0.2) is 36.5 Å². The standard InChI is InChI=1S/C16H15N3OS/c1-2-5-13-12(4-1)15(14-6-3-11-21-14)17-18-16(13)19-7-9-20-10-8-19/h1-6,11H,7-10H2. The van der Waals surface area contributed by atoms with Crippen molar-refractivity contribution in [2.75, 3.05) is 31.2 Å². The molecule has 4 rings (SSSR count). The number of morpholine rings is 1. The summed E-state index contributed by atoms with van der Waals surface area (Å²) in [7, 11) is 0. The average molecular weight is 297 g/mol. The molecule has 1 saturated heterocycles. The van der Waals surface area contributed by atoms with Crippen molar-refractivity contribution in [3.63, 3.8) is 0 Å². The van der Waals surface area contributed by atoms with Crippen molar-refractivity contribution in [3.8, 4) is 10.6 Å². The summed E-state index contributed by atoms with van der Waals surface area (Å²) in [5, 5.41) is 13.4. The molecule has 2 aromatic heterocycles. The van der Waals surface area contributed by atoms with Crippen molar-refractivity contribution in [3.05, 3.63) is 41.8 Å². The van der Waals surface area contributed by atoms with E-state index in [4.69, 9.17) is 4.74 Å². The van der Waals surface area contributed by atoms with Crippen LogP contribution in [0, 0.1) is 0 Å². The summed E-state index contributed by atoms with van der Waals surface area (Å²) < 4.78 is 5.43. The lowest BCUT2D eigenvalue weighted by Crippen LogP contribution is -2.37. The lowest BCUT2D eigenvalue weighted by molar-refractivity contribution is 0.122. The number of thiophene rings is 1. The monoisotopic (exact) mass is 297 g/mol. The number of rotatable bonds is 2. The number of anilines is 1. The van der Waals surface area contributed by atoms with Gasteiger partial charge in [-0.15, -0.1) is 21.5 Å². The zero-order valence-corrected chi connectivity index (χ0v) is 12.3. The summed E-state index contributed by atoms with van der Waals surface area (Å²) >= 11 is 1.70. The van der Waals surface area contributed by atoms with E-state index in [9.17, 15) is 0 Å². The molecule has 5 heteroatoms. The maximum atomic E-state index is 5.43. The van der Waals surface area contributed by atoms with Gasteiger partial charge < -0.3 is 9.64 Å². The minimum atomic E-state index is 0.753. The van der Waals surface area contributed by atoms with Gasteiger partial charge in [0.25, 0.3) is 0 Å². The first-order valence-electron chi connectivity index (χ1n) is 7.05. The van der Waals surface area contributed by atoms with Crippen molar-refractivity contribution in [1.29, 1.82) is 0 Å². The highest BCUT2D eigenvalue weighted by atomic mass is 32.1. The van der Waals surface area contributed by atoms with Crippen molar-refractivity contribution in [1.82, 2.24) is 10.2 Å². The van der Waals surface area contributed by atoms with Crippen LogP contribution in [0.2, 0.25) is 0 Å². The van der Waals surface area contributed by atoms with E-state index in [1.807, 2.05) is 6.07 Å². The molecular weight excluding hydrogens is 282 g/mol. The Hall–Kier alpha value is -1.98. The van der Waals surface area contributed by atoms with Crippen molar-refractivity contribution < 1.29 is 4.74 Å². The van der Waals surface area contributed by atoms with E-state index in [0.717, 1.165) is 53.5 Å². The van der Waals surface area contributed by atoms with Crippen LogP contribution in [0.15, 0.2) is 41.8 Å². The number of benzene rings is 1. The predicted octanol–water partition coefficient (Wildman–Crippen LogP) is 3.19. The van der Waals surface area contributed by atoms with Crippen LogP contribution in [-0.2, 0) is 4.74 Å². The Morgan fingerprint density at radius 2 is 1.76 bits per heavy atom. The predicted molar refractivity (Wildman–Crippen MR) is 85.9 cm³/mol. The fourth-order valence-electron chi connectivity index (χ4n) is 2.69. The number of hydrogen-bond donors (Lipinski definition) is 0. The molecule has 1 fully saturated rings. The highest BCUT2D eigenvalue weighted by molar-refractivity contribution is 7.13. The number of fused-ring (bicyclic) bond motifs is 1.